The summed E-state index contributed by atoms with van der Waals surface area (Å²) in [6, 6.07) is 6.55. The van der Waals surface area contributed by atoms with Crippen LogP contribution in [0.5, 0.6) is 0 Å². The third kappa shape index (κ3) is 3.56. The zero-order valence-electron chi connectivity index (χ0n) is 10.9. The second-order valence-electron chi connectivity index (χ2n) is 4.57. The molecule has 0 radical (unpaired) electrons. The Morgan fingerprint density at radius 1 is 1.28 bits per heavy atom. The molecule has 2 amide bonds. The van der Waals surface area contributed by atoms with Crippen molar-refractivity contribution in [2.45, 2.75) is 26.8 Å². The summed E-state index contributed by atoms with van der Waals surface area (Å²) >= 11 is 0. The van der Waals surface area contributed by atoms with Crippen LogP contribution in [0.15, 0.2) is 24.3 Å². The highest BCUT2D eigenvalue weighted by atomic mass is 16.2. The van der Waals surface area contributed by atoms with E-state index in [0.717, 1.165) is 5.56 Å². The lowest BCUT2D eigenvalue weighted by Crippen LogP contribution is -2.51. The van der Waals surface area contributed by atoms with Gasteiger partial charge in [-0.05, 0) is 25.0 Å². The minimum Gasteiger partial charge on any atom is -0.340 e. The second kappa shape index (κ2) is 6.16. The molecule has 18 heavy (non-hydrogen) atoms. The Morgan fingerprint density at radius 3 is 2.44 bits per heavy atom. The Labute approximate surface area is 107 Å². The van der Waals surface area contributed by atoms with Gasteiger partial charge in [0.25, 0.3) is 11.8 Å². The van der Waals surface area contributed by atoms with Gasteiger partial charge >= 0.3 is 0 Å². The standard InChI is InChI=1S/C13H19N3O2/c1-8(2)11(13(18)16-14)15-12(17)10-6-4-5-9(3)7-10/h4-8,11H,14H2,1-3H3,(H,15,17)(H,16,18)/t11-/m1/s1. The second-order valence-corrected chi connectivity index (χ2v) is 4.57. The summed E-state index contributed by atoms with van der Waals surface area (Å²) in [6.07, 6.45) is 0. The van der Waals surface area contributed by atoms with Crippen LogP contribution in [0.4, 0.5) is 0 Å². The zero-order valence-corrected chi connectivity index (χ0v) is 10.9. The van der Waals surface area contributed by atoms with Gasteiger partial charge < -0.3 is 5.32 Å². The van der Waals surface area contributed by atoms with Crippen molar-refractivity contribution in [1.82, 2.24) is 10.7 Å². The average Bonchev–Trinajstić information content (AvgIpc) is 2.34. The summed E-state index contributed by atoms with van der Waals surface area (Å²) in [5.74, 6) is 4.38. The van der Waals surface area contributed by atoms with Crippen LogP contribution < -0.4 is 16.6 Å². The normalized spacial score (nSPS) is 12.1. The molecule has 1 rings (SSSR count). The van der Waals surface area contributed by atoms with Gasteiger partial charge in [0, 0.05) is 5.56 Å². The quantitative estimate of drug-likeness (QED) is 0.418. The summed E-state index contributed by atoms with van der Waals surface area (Å²) in [4.78, 5) is 23.5. The Kier molecular flexibility index (Phi) is 4.85. The number of hydrogen-bond donors (Lipinski definition) is 3. The number of aryl methyl sites for hydroxylation is 1. The van der Waals surface area contributed by atoms with Gasteiger partial charge in [-0.15, -0.1) is 0 Å². The summed E-state index contributed by atoms with van der Waals surface area (Å²) in [5.41, 5.74) is 3.59. The fourth-order valence-electron chi connectivity index (χ4n) is 1.64. The van der Waals surface area contributed by atoms with Crippen LogP contribution in [0.2, 0.25) is 0 Å². The van der Waals surface area contributed by atoms with E-state index in [1.165, 1.54) is 0 Å². The van der Waals surface area contributed by atoms with Gasteiger partial charge in [-0.3, -0.25) is 15.0 Å². The van der Waals surface area contributed by atoms with Crippen LogP contribution in [-0.4, -0.2) is 17.9 Å². The lowest BCUT2D eigenvalue weighted by Gasteiger charge is -2.20. The van der Waals surface area contributed by atoms with Gasteiger partial charge in [0.05, 0.1) is 0 Å². The van der Waals surface area contributed by atoms with Crippen molar-refractivity contribution >= 4 is 11.8 Å². The molecular formula is C13H19N3O2. The van der Waals surface area contributed by atoms with Crippen molar-refractivity contribution in [1.29, 1.82) is 0 Å². The minimum atomic E-state index is -0.636. The summed E-state index contributed by atoms with van der Waals surface area (Å²) in [5, 5.41) is 2.68. The Balaban J connectivity index is 2.82. The molecular weight excluding hydrogens is 230 g/mol. The topological polar surface area (TPSA) is 84.2 Å². The SMILES string of the molecule is Cc1cccc(C(=O)N[C@@H](C(=O)NN)C(C)C)c1. The molecule has 0 aliphatic rings. The Hall–Kier alpha value is -1.88. The Morgan fingerprint density at radius 2 is 1.94 bits per heavy atom. The molecule has 1 aromatic carbocycles. The van der Waals surface area contributed by atoms with Crippen LogP contribution in [0.1, 0.15) is 29.8 Å². The number of nitrogens with two attached hydrogens (primary N) is 1. The van der Waals surface area contributed by atoms with Gasteiger partial charge in [-0.1, -0.05) is 31.5 Å². The van der Waals surface area contributed by atoms with E-state index in [1.807, 2.05) is 26.8 Å². The smallest absolute Gasteiger partial charge is 0.256 e. The fraction of sp³-hybridized carbons (Fsp3) is 0.385. The molecule has 0 spiro atoms. The van der Waals surface area contributed by atoms with Gasteiger partial charge in [-0.2, -0.15) is 0 Å². The van der Waals surface area contributed by atoms with Crippen molar-refractivity contribution in [3.05, 3.63) is 35.4 Å². The number of benzene rings is 1. The van der Waals surface area contributed by atoms with Crippen molar-refractivity contribution in [3.63, 3.8) is 0 Å². The summed E-state index contributed by atoms with van der Waals surface area (Å²) in [6.45, 7) is 5.59. The lowest BCUT2D eigenvalue weighted by atomic mass is 10.0. The predicted molar refractivity (Wildman–Crippen MR) is 69.6 cm³/mol. The molecule has 1 atom stereocenters. The molecule has 4 N–H and O–H groups in total. The summed E-state index contributed by atoms with van der Waals surface area (Å²) < 4.78 is 0. The third-order valence-corrected chi connectivity index (χ3v) is 2.66. The van der Waals surface area contributed by atoms with E-state index in [4.69, 9.17) is 5.84 Å². The first-order chi connectivity index (χ1) is 8.45. The van der Waals surface area contributed by atoms with Crippen LogP contribution in [-0.2, 0) is 4.79 Å². The fourth-order valence-corrected chi connectivity index (χ4v) is 1.64. The number of carbonyl (C=O) groups is 2. The first-order valence-corrected chi connectivity index (χ1v) is 5.83. The van der Waals surface area contributed by atoms with Crippen molar-refractivity contribution < 1.29 is 9.59 Å². The molecule has 5 nitrogen and oxygen atoms in total. The third-order valence-electron chi connectivity index (χ3n) is 2.66. The number of rotatable bonds is 4. The number of amides is 2. The summed E-state index contributed by atoms with van der Waals surface area (Å²) in [7, 11) is 0. The highest BCUT2D eigenvalue weighted by molar-refractivity contribution is 5.97. The predicted octanol–water partition coefficient (Wildman–Crippen LogP) is 0.739. The number of hydrazine groups is 1. The van der Waals surface area contributed by atoms with Crippen LogP contribution in [0, 0.1) is 12.8 Å². The van der Waals surface area contributed by atoms with Gasteiger partial charge in [0.1, 0.15) is 6.04 Å². The van der Waals surface area contributed by atoms with E-state index in [2.05, 4.69) is 10.7 Å². The van der Waals surface area contributed by atoms with E-state index >= 15 is 0 Å². The van der Waals surface area contributed by atoms with Gasteiger partial charge in [-0.25, -0.2) is 5.84 Å². The molecule has 0 aromatic heterocycles. The largest absolute Gasteiger partial charge is 0.340 e. The molecule has 0 bridgehead atoms. The van der Waals surface area contributed by atoms with E-state index in [0.29, 0.717) is 5.56 Å². The monoisotopic (exact) mass is 249 g/mol. The molecule has 0 saturated carbocycles. The van der Waals surface area contributed by atoms with E-state index in [9.17, 15) is 9.59 Å². The molecule has 98 valence electrons. The average molecular weight is 249 g/mol. The molecule has 0 aliphatic heterocycles. The molecule has 1 aromatic rings. The molecule has 0 aliphatic carbocycles. The number of carbonyl (C=O) groups excluding carboxylic acids is 2. The lowest BCUT2D eigenvalue weighted by molar-refractivity contribution is -0.124. The van der Waals surface area contributed by atoms with Crippen LogP contribution in [0.25, 0.3) is 0 Å². The maximum Gasteiger partial charge on any atom is 0.256 e. The molecule has 0 unspecified atom stereocenters. The molecule has 0 heterocycles. The highest BCUT2D eigenvalue weighted by Gasteiger charge is 2.23. The molecule has 0 fully saturated rings. The maximum absolute atomic E-state index is 12.0. The Bertz CT molecular complexity index is 444. The van der Waals surface area contributed by atoms with Crippen molar-refractivity contribution in [3.8, 4) is 0 Å². The highest BCUT2D eigenvalue weighted by Crippen LogP contribution is 2.07. The first kappa shape index (κ1) is 14.2. The van der Waals surface area contributed by atoms with E-state index in [1.54, 1.807) is 18.2 Å². The number of hydrogen-bond acceptors (Lipinski definition) is 3. The van der Waals surface area contributed by atoms with Gasteiger partial charge in [0.15, 0.2) is 0 Å². The number of nitrogens with one attached hydrogen (secondary N) is 2. The van der Waals surface area contributed by atoms with Crippen molar-refractivity contribution in [2.24, 2.45) is 11.8 Å². The van der Waals surface area contributed by atoms with Gasteiger partial charge in [0.2, 0.25) is 0 Å². The first-order valence-electron chi connectivity index (χ1n) is 5.83. The van der Waals surface area contributed by atoms with E-state index in [-0.39, 0.29) is 11.8 Å². The maximum atomic E-state index is 12.0. The van der Waals surface area contributed by atoms with Crippen LogP contribution >= 0.6 is 0 Å². The zero-order chi connectivity index (χ0) is 13.7. The minimum absolute atomic E-state index is 0.0395. The van der Waals surface area contributed by atoms with E-state index < -0.39 is 11.9 Å². The molecule has 0 saturated heterocycles. The van der Waals surface area contributed by atoms with Crippen molar-refractivity contribution in [2.75, 3.05) is 0 Å². The molecule has 5 heteroatoms. The van der Waals surface area contributed by atoms with Crippen LogP contribution in [0.3, 0.4) is 0 Å².